The second-order valence-corrected chi connectivity index (χ2v) is 4.72. The van der Waals surface area contributed by atoms with Crippen LogP contribution in [0.1, 0.15) is 12.0 Å². The van der Waals surface area contributed by atoms with Gasteiger partial charge in [0.1, 0.15) is 5.82 Å². The van der Waals surface area contributed by atoms with Crippen molar-refractivity contribution in [3.05, 3.63) is 35.6 Å². The number of amides is 1. The summed E-state index contributed by atoms with van der Waals surface area (Å²) < 4.78 is 18.6. The Morgan fingerprint density at radius 3 is 3.11 bits per heavy atom. The molecule has 1 saturated heterocycles. The molecule has 1 heterocycles. The van der Waals surface area contributed by atoms with Crippen molar-refractivity contribution in [3.63, 3.8) is 0 Å². The Balaban J connectivity index is 1.92. The summed E-state index contributed by atoms with van der Waals surface area (Å²) in [5, 5.41) is 0. The van der Waals surface area contributed by atoms with E-state index in [-0.39, 0.29) is 24.2 Å². The number of hydrogen-bond acceptors (Lipinski definition) is 3. The molecule has 5 heteroatoms. The largest absolute Gasteiger partial charge is 0.374 e. The average Bonchev–Trinajstić information content (AvgIpc) is 2.39. The van der Waals surface area contributed by atoms with E-state index in [1.165, 1.54) is 12.1 Å². The van der Waals surface area contributed by atoms with Gasteiger partial charge in [-0.05, 0) is 30.7 Å². The molecular weight excluding hydrogens is 247 g/mol. The fraction of sp³-hybridized carbons (Fsp3) is 0.500. The molecule has 1 unspecified atom stereocenters. The number of rotatable bonds is 4. The standard InChI is InChI=1S/C14H19FN2O2/c15-12-3-1-2-11(8-12)9-14(18)17-6-7-19-13(10-17)4-5-16/h1-3,8,13H,4-7,9-10,16H2. The molecule has 1 aliphatic rings. The Hall–Kier alpha value is -1.46. The third-order valence-electron chi connectivity index (χ3n) is 3.22. The molecule has 0 bridgehead atoms. The van der Waals surface area contributed by atoms with Gasteiger partial charge in [-0.2, -0.15) is 0 Å². The Labute approximate surface area is 112 Å². The molecule has 19 heavy (non-hydrogen) atoms. The van der Waals surface area contributed by atoms with E-state index in [0.717, 1.165) is 6.42 Å². The number of hydrogen-bond donors (Lipinski definition) is 1. The van der Waals surface area contributed by atoms with Gasteiger partial charge >= 0.3 is 0 Å². The molecule has 0 aromatic heterocycles. The summed E-state index contributed by atoms with van der Waals surface area (Å²) in [5.74, 6) is -0.302. The maximum Gasteiger partial charge on any atom is 0.227 e. The lowest BCUT2D eigenvalue weighted by Gasteiger charge is -2.33. The fourth-order valence-corrected chi connectivity index (χ4v) is 2.24. The summed E-state index contributed by atoms with van der Waals surface area (Å²) in [4.78, 5) is 13.9. The number of nitrogens with two attached hydrogens (primary N) is 1. The third-order valence-corrected chi connectivity index (χ3v) is 3.22. The number of morpholine rings is 1. The SMILES string of the molecule is NCCC1CN(C(=O)Cc2cccc(F)c2)CCO1. The molecular formula is C14H19FN2O2. The molecule has 2 N–H and O–H groups in total. The zero-order valence-corrected chi connectivity index (χ0v) is 10.8. The van der Waals surface area contributed by atoms with E-state index < -0.39 is 0 Å². The van der Waals surface area contributed by atoms with Crippen LogP contribution in [0.2, 0.25) is 0 Å². The van der Waals surface area contributed by atoms with Crippen LogP contribution in [-0.2, 0) is 16.0 Å². The molecule has 2 rings (SSSR count). The minimum absolute atomic E-state index is 0.0101. The third kappa shape index (κ3) is 4.01. The van der Waals surface area contributed by atoms with Gasteiger partial charge in [0.2, 0.25) is 5.91 Å². The summed E-state index contributed by atoms with van der Waals surface area (Å²) in [6, 6.07) is 6.16. The first-order valence-corrected chi connectivity index (χ1v) is 6.53. The highest BCUT2D eigenvalue weighted by Crippen LogP contribution is 2.11. The first-order valence-electron chi connectivity index (χ1n) is 6.53. The Morgan fingerprint density at radius 1 is 1.53 bits per heavy atom. The van der Waals surface area contributed by atoms with Crippen LogP contribution in [0.3, 0.4) is 0 Å². The number of halogens is 1. The van der Waals surface area contributed by atoms with Crippen LogP contribution < -0.4 is 5.73 Å². The smallest absolute Gasteiger partial charge is 0.227 e. The number of ether oxygens (including phenoxy) is 1. The number of nitrogens with zero attached hydrogens (tertiary/aromatic N) is 1. The molecule has 1 fully saturated rings. The minimum atomic E-state index is -0.312. The van der Waals surface area contributed by atoms with Crippen molar-refractivity contribution in [3.8, 4) is 0 Å². The Bertz CT molecular complexity index is 437. The highest BCUT2D eigenvalue weighted by molar-refractivity contribution is 5.78. The van der Waals surface area contributed by atoms with Gasteiger partial charge in [-0.25, -0.2) is 4.39 Å². The van der Waals surface area contributed by atoms with Crippen molar-refractivity contribution in [1.29, 1.82) is 0 Å². The molecule has 0 spiro atoms. The van der Waals surface area contributed by atoms with Crippen LogP contribution in [0.25, 0.3) is 0 Å². The average molecular weight is 266 g/mol. The van der Waals surface area contributed by atoms with Gasteiger partial charge < -0.3 is 15.4 Å². The van der Waals surface area contributed by atoms with Gasteiger partial charge in [0.25, 0.3) is 0 Å². The molecule has 0 aliphatic carbocycles. The molecule has 4 nitrogen and oxygen atoms in total. The highest BCUT2D eigenvalue weighted by atomic mass is 19.1. The second-order valence-electron chi connectivity index (χ2n) is 4.72. The summed E-state index contributed by atoms with van der Waals surface area (Å²) in [7, 11) is 0. The van der Waals surface area contributed by atoms with Gasteiger partial charge in [-0.1, -0.05) is 12.1 Å². The predicted molar refractivity (Wildman–Crippen MR) is 70.1 cm³/mol. The van der Waals surface area contributed by atoms with Crippen molar-refractivity contribution < 1.29 is 13.9 Å². The summed E-state index contributed by atoms with van der Waals surface area (Å²) in [6.45, 7) is 2.26. The van der Waals surface area contributed by atoms with E-state index in [2.05, 4.69) is 0 Å². The lowest BCUT2D eigenvalue weighted by atomic mass is 10.1. The summed E-state index contributed by atoms with van der Waals surface area (Å²) in [5.41, 5.74) is 6.20. The van der Waals surface area contributed by atoms with Crippen molar-refractivity contribution in [2.45, 2.75) is 18.9 Å². The zero-order chi connectivity index (χ0) is 13.7. The maximum absolute atomic E-state index is 13.1. The summed E-state index contributed by atoms with van der Waals surface area (Å²) >= 11 is 0. The van der Waals surface area contributed by atoms with E-state index in [1.807, 2.05) is 0 Å². The van der Waals surface area contributed by atoms with E-state index in [9.17, 15) is 9.18 Å². The van der Waals surface area contributed by atoms with Crippen LogP contribution in [0.5, 0.6) is 0 Å². The molecule has 1 atom stereocenters. The lowest BCUT2D eigenvalue weighted by Crippen LogP contribution is -2.46. The molecule has 1 aromatic rings. The van der Waals surface area contributed by atoms with Gasteiger partial charge in [-0.3, -0.25) is 4.79 Å². The first kappa shape index (κ1) is 14.0. The zero-order valence-electron chi connectivity index (χ0n) is 10.8. The Kier molecular flexibility index (Phi) is 4.87. The molecule has 0 radical (unpaired) electrons. The van der Waals surface area contributed by atoms with Crippen LogP contribution in [0, 0.1) is 5.82 Å². The van der Waals surface area contributed by atoms with Gasteiger partial charge in [0.15, 0.2) is 0 Å². The maximum atomic E-state index is 13.1. The van der Waals surface area contributed by atoms with Crippen molar-refractivity contribution in [2.75, 3.05) is 26.2 Å². The fourth-order valence-electron chi connectivity index (χ4n) is 2.24. The van der Waals surface area contributed by atoms with Crippen molar-refractivity contribution >= 4 is 5.91 Å². The number of carbonyl (C=O) groups excluding carboxylic acids is 1. The molecule has 0 saturated carbocycles. The number of benzene rings is 1. The quantitative estimate of drug-likeness (QED) is 0.882. The van der Waals surface area contributed by atoms with Crippen LogP contribution in [0.15, 0.2) is 24.3 Å². The first-order chi connectivity index (χ1) is 9.19. The second kappa shape index (κ2) is 6.63. The number of carbonyl (C=O) groups is 1. The topological polar surface area (TPSA) is 55.6 Å². The normalized spacial score (nSPS) is 19.5. The Morgan fingerprint density at radius 2 is 2.37 bits per heavy atom. The summed E-state index contributed by atoms with van der Waals surface area (Å²) in [6.07, 6.45) is 1.01. The van der Waals surface area contributed by atoms with Crippen LogP contribution >= 0.6 is 0 Å². The lowest BCUT2D eigenvalue weighted by molar-refractivity contribution is -0.138. The molecule has 104 valence electrons. The van der Waals surface area contributed by atoms with Crippen molar-refractivity contribution in [1.82, 2.24) is 4.90 Å². The molecule has 1 amide bonds. The van der Waals surface area contributed by atoms with Gasteiger partial charge in [-0.15, -0.1) is 0 Å². The molecule has 1 aromatic carbocycles. The predicted octanol–water partition coefficient (Wildman–Crippen LogP) is 0.944. The monoisotopic (exact) mass is 266 g/mol. The minimum Gasteiger partial charge on any atom is -0.374 e. The van der Waals surface area contributed by atoms with Crippen LogP contribution in [-0.4, -0.2) is 43.2 Å². The van der Waals surface area contributed by atoms with Crippen LogP contribution in [0.4, 0.5) is 4.39 Å². The van der Waals surface area contributed by atoms with E-state index in [0.29, 0.717) is 31.8 Å². The van der Waals surface area contributed by atoms with E-state index in [4.69, 9.17) is 10.5 Å². The van der Waals surface area contributed by atoms with Gasteiger partial charge in [0.05, 0.1) is 19.1 Å². The molecule has 1 aliphatic heterocycles. The van der Waals surface area contributed by atoms with Crippen molar-refractivity contribution in [2.24, 2.45) is 5.73 Å². The van der Waals surface area contributed by atoms with E-state index >= 15 is 0 Å². The highest BCUT2D eigenvalue weighted by Gasteiger charge is 2.23. The van der Waals surface area contributed by atoms with Gasteiger partial charge in [0, 0.05) is 13.1 Å². The van der Waals surface area contributed by atoms with E-state index in [1.54, 1.807) is 17.0 Å².